The van der Waals surface area contributed by atoms with Crippen molar-refractivity contribution >= 4 is 0 Å². The van der Waals surface area contributed by atoms with Gasteiger partial charge in [-0.25, -0.2) is 17.6 Å². The molecule has 3 unspecified atom stereocenters. The molecule has 2 aromatic carbocycles. The lowest BCUT2D eigenvalue weighted by atomic mass is 9.78. The molecule has 1 aliphatic rings. The van der Waals surface area contributed by atoms with Gasteiger partial charge in [-0.15, -0.1) is 6.58 Å². The summed E-state index contributed by atoms with van der Waals surface area (Å²) in [6, 6.07) is 6.56. The zero-order valence-corrected chi connectivity index (χ0v) is 18.5. The molecule has 1 aliphatic carbocycles. The number of hydrogen-bond donors (Lipinski definition) is 0. The number of fused-ring (bicyclic) bond motifs is 3. The van der Waals surface area contributed by atoms with Crippen molar-refractivity contribution in [1.29, 1.82) is 0 Å². The van der Waals surface area contributed by atoms with Crippen molar-refractivity contribution in [3.05, 3.63) is 70.8 Å². The molecule has 0 bridgehead atoms. The summed E-state index contributed by atoms with van der Waals surface area (Å²) in [5, 5.41) is 0. The Hall–Kier alpha value is -2.10. The minimum Gasteiger partial charge on any atom is -0.239 e. The van der Waals surface area contributed by atoms with Gasteiger partial charge in [-0.1, -0.05) is 63.5 Å². The smallest absolute Gasteiger partial charge is 0.164 e. The van der Waals surface area contributed by atoms with Gasteiger partial charge in [-0.2, -0.15) is 0 Å². The molecule has 0 saturated carbocycles. The highest BCUT2D eigenvalue weighted by Crippen LogP contribution is 2.51. The summed E-state index contributed by atoms with van der Waals surface area (Å²) in [6.07, 6.45) is 3.75. The Balaban J connectivity index is 2.08. The standard InChI is InChI=1S/C27H32F4/c1-4-7-9-12-17(11-8-5-2)19-15-16-21-20-14-13-18(10-6-3)24(28)22(20)26(30)27(31)23(21)25(19)29/h4,13-17,26-27H,1,5-12H2,2-3H3. The van der Waals surface area contributed by atoms with E-state index in [0.29, 0.717) is 24.0 Å². The summed E-state index contributed by atoms with van der Waals surface area (Å²) in [6.45, 7) is 7.72. The second-order valence-electron chi connectivity index (χ2n) is 8.54. The van der Waals surface area contributed by atoms with E-state index in [4.69, 9.17) is 0 Å². The molecular formula is C27H32F4. The van der Waals surface area contributed by atoms with Crippen LogP contribution in [-0.2, 0) is 6.42 Å². The zero-order valence-electron chi connectivity index (χ0n) is 18.5. The highest BCUT2D eigenvalue weighted by atomic mass is 19.2. The Morgan fingerprint density at radius 3 is 2.10 bits per heavy atom. The molecule has 168 valence electrons. The van der Waals surface area contributed by atoms with Crippen molar-refractivity contribution in [2.75, 3.05) is 0 Å². The van der Waals surface area contributed by atoms with E-state index in [0.717, 1.165) is 38.5 Å². The molecule has 3 rings (SSSR count). The van der Waals surface area contributed by atoms with Crippen LogP contribution in [0, 0.1) is 11.6 Å². The van der Waals surface area contributed by atoms with E-state index in [1.807, 2.05) is 13.0 Å². The Morgan fingerprint density at radius 1 is 0.871 bits per heavy atom. The summed E-state index contributed by atoms with van der Waals surface area (Å²) >= 11 is 0. The van der Waals surface area contributed by atoms with Gasteiger partial charge in [-0.3, -0.25) is 0 Å². The van der Waals surface area contributed by atoms with Gasteiger partial charge in [-0.05, 0) is 60.3 Å². The molecule has 31 heavy (non-hydrogen) atoms. The van der Waals surface area contributed by atoms with Crippen molar-refractivity contribution in [2.24, 2.45) is 0 Å². The topological polar surface area (TPSA) is 0 Å². The molecule has 0 fully saturated rings. The van der Waals surface area contributed by atoms with Crippen LogP contribution in [0.15, 0.2) is 36.9 Å². The van der Waals surface area contributed by atoms with Crippen LogP contribution < -0.4 is 0 Å². The minimum atomic E-state index is -2.21. The maximum atomic E-state index is 15.6. The molecular weight excluding hydrogens is 400 g/mol. The third kappa shape index (κ3) is 4.58. The molecule has 2 aromatic rings. The van der Waals surface area contributed by atoms with Gasteiger partial charge in [0.15, 0.2) is 12.3 Å². The van der Waals surface area contributed by atoms with Crippen molar-refractivity contribution in [3.63, 3.8) is 0 Å². The molecule has 3 atom stereocenters. The van der Waals surface area contributed by atoms with Crippen LogP contribution in [0.25, 0.3) is 11.1 Å². The molecule has 0 N–H and O–H groups in total. The summed E-state index contributed by atoms with van der Waals surface area (Å²) in [7, 11) is 0. The molecule has 0 aromatic heterocycles. The number of benzene rings is 2. The van der Waals surface area contributed by atoms with Crippen LogP contribution in [0.5, 0.6) is 0 Å². The fourth-order valence-electron chi connectivity index (χ4n) is 4.74. The Labute approximate surface area is 183 Å². The lowest BCUT2D eigenvalue weighted by molar-refractivity contribution is 0.160. The molecule has 0 aliphatic heterocycles. The van der Waals surface area contributed by atoms with Gasteiger partial charge < -0.3 is 0 Å². The third-order valence-corrected chi connectivity index (χ3v) is 6.39. The summed E-state index contributed by atoms with van der Waals surface area (Å²) in [5.41, 5.74) is 0.809. The summed E-state index contributed by atoms with van der Waals surface area (Å²) in [5.74, 6) is -1.42. The Kier molecular flexibility index (Phi) is 7.96. The van der Waals surface area contributed by atoms with E-state index in [1.165, 1.54) is 0 Å². The highest BCUT2D eigenvalue weighted by molar-refractivity contribution is 5.76. The molecule has 0 nitrogen and oxygen atoms in total. The van der Waals surface area contributed by atoms with Gasteiger partial charge in [0.1, 0.15) is 11.6 Å². The number of allylic oxidation sites excluding steroid dienone is 1. The number of alkyl halides is 2. The lowest BCUT2D eigenvalue weighted by Gasteiger charge is -2.29. The van der Waals surface area contributed by atoms with Crippen molar-refractivity contribution < 1.29 is 17.6 Å². The maximum absolute atomic E-state index is 15.6. The van der Waals surface area contributed by atoms with E-state index in [1.54, 1.807) is 24.3 Å². The largest absolute Gasteiger partial charge is 0.239 e. The van der Waals surface area contributed by atoms with E-state index < -0.39 is 24.0 Å². The van der Waals surface area contributed by atoms with Crippen LogP contribution in [0.3, 0.4) is 0 Å². The van der Waals surface area contributed by atoms with Gasteiger partial charge in [0.05, 0.1) is 0 Å². The first-order chi connectivity index (χ1) is 15.0. The third-order valence-electron chi connectivity index (χ3n) is 6.39. The van der Waals surface area contributed by atoms with Gasteiger partial charge in [0, 0.05) is 11.1 Å². The van der Waals surface area contributed by atoms with E-state index in [9.17, 15) is 4.39 Å². The molecule has 0 radical (unpaired) electrons. The number of halogens is 4. The maximum Gasteiger partial charge on any atom is 0.164 e. The predicted molar refractivity (Wildman–Crippen MR) is 120 cm³/mol. The van der Waals surface area contributed by atoms with Crippen LogP contribution in [0.1, 0.15) is 99.3 Å². The van der Waals surface area contributed by atoms with Crippen molar-refractivity contribution in [3.8, 4) is 11.1 Å². The first-order valence-corrected chi connectivity index (χ1v) is 11.5. The first-order valence-electron chi connectivity index (χ1n) is 11.5. The second-order valence-corrected chi connectivity index (χ2v) is 8.54. The summed E-state index contributed by atoms with van der Waals surface area (Å²) < 4.78 is 60.9. The van der Waals surface area contributed by atoms with Gasteiger partial charge in [0.25, 0.3) is 0 Å². The lowest BCUT2D eigenvalue weighted by Crippen LogP contribution is -2.17. The zero-order chi connectivity index (χ0) is 22.5. The highest BCUT2D eigenvalue weighted by Gasteiger charge is 2.40. The summed E-state index contributed by atoms with van der Waals surface area (Å²) in [4.78, 5) is 0. The quantitative estimate of drug-likeness (QED) is 0.199. The number of aryl methyl sites for hydroxylation is 1. The Bertz CT molecular complexity index is 918. The Morgan fingerprint density at radius 2 is 1.48 bits per heavy atom. The predicted octanol–water partition coefficient (Wildman–Crippen LogP) is 9.25. The van der Waals surface area contributed by atoms with E-state index >= 15 is 13.2 Å². The second kappa shape index (κ2) is 10.5. The first kappa shape index (κ1) is 23.6. The molecule has 0 heterocycles. The van der Waals surface area contributed by atoms with Crippen LogP contribution in [0.4, 0.5) is 17.6 Å². The normalized spacial score (nSPS) is 18.4. The average Bonchev–Trinajstić information content (AvgIpc) is 2.76. The van der Waals surface area contributed by atoms with Crippen molar-refractivity contribution in [2.45, 2.75) is 83.5 Å². The van der Waals surface area contributed by atoms with E-state index in [-0.39, 0.29) is 28.2 Å². The fraction of sp³-hybridized carbons (Fsp3) is 0.481. The van der Waals surface area contributed by atoms with Crippen LogP contribution in [-0.4, -0.2) is 0 Å². The number of unbranched alkanes of at least 4 members (excludes halogenated alkanes) is 2. The van der Waals surface area contributed by atoms with Crippen LogP contribution >= 0.6 is 0 Å². The van der Waals surface area contributed by atoms with Crippen molar-refractivity contribution in [1.82, 2.24) is 0 Å². The molecule has 0 spiro atoms. The molecule has 4 heteroatoms. The molecule has 0 amide bonds. The minimum absolute atomic E-state index is 0.0551. The fourth-order valence-corrected chi connectivity index (χ4v) is 4.74. The van der Waals surface area contributed by atoms with E-state index in [2.05, 4.69) is 13.5 Å². The van der Waals surface area contributed by atoms with Gasteiger partial charge in [0.2, 0.25) is 0 Å². The number of hydrogen-bond acceptors (Lipinski definition) is 0. The monoisotopic (exact) mass is 432 g/mol. The SMILES string of the molecule is C=CCCCC(CCCC)c1ccc2c(c1F)C(F)C(F)c1c-2ccc(CCC)c1F. The number of rotatable bonds is 10. The van der Waals surface area contributed by atoms with Crippen LogP contribution in [0.2, 0.25) is 0 Å². The average molecular weight is 433 g/mol. The molecule has 0 saturated heterocycles. The van der Waals surface area contributed by atoms with Gasteiger partial charge >= 0.3 is 0 Å².